The number of hydrogen-bond donors (Lipinski definition) is 1. The zero-order valence-electron chi connectivity index (χ0n) is 16.8. The Bertz CT molecular complexity index is 1490. The normalized spacial score (nSPS) is 12.7. The molecule has 0 saturated heterocycles. The highest BCUT2D eigenvalue weighted by atomic mass is 32.2. The van der Waals surface area contributed by atoms with E-state index in [1.165, 1.54) is 29.5 Å². The van der Waals surface area contributed by atoms with Crippen molar-refractivity contribution < 1.29 is 22.4 Å². The molecule has 31 heavy (non-hydrogen) atoms. The maximum absolute atomic E-state index is 12.6. The van der Waals surface area contributed by atoms with E-state index in [2.05, 4.69) is 10.3 Å². The Morgan fingerprint density at radius 1 is 1.19 bits per heavy atom. The molecule has 0 aliphatic carbocycles. The predicted molar refractivity (Wildman–Crippen MR) is 119 cm³/mol. The number of nitrogens with one attached hydrogen (secondary N) is 1. The van der Waals surface area contributed by atoms with E-state index in [-0.39, 0.29) is 4.90 Å². The number of aryl methyl sites for hydroxylation is 1. The van der Waals surface area contributed by atoms with E-state index in [1.807, 2.05) is 6.92 Å². The fraction of sp³-hybridized carbons (Fsp3) is 0.190. The van der Waals surface area contributed by atoms with Crippen molar-refractivity contribution in [3.63, 3.8) is 0 Å². The summed E-state index contributed by atoms with van der Waals surface area (Å²) in [6.07, 6.45) is 0.281. The van der Waals surface area contributed by atoms with Gasteiger partial charge in [-0.25, -0.2) is 18.2 Å². The average molecular weight is 459 g/mol. The van der Waals surface area contributed by atoms with Gasteiger partial charge in [0.25, 0.3) is 5.91 Å². The van der Waals surface area contributed by atoms with E-state index >= 15 is 0 Å². The molecule has 0 saturated carbocycles. The highest BCUT2D eigenvalue weighted by Gasteiger charge is 2.18. The number of benzene rings is 2. The molecule has 4 aromatic rings. The molecular formula is C21H18N2O6S2. The lowest BCUT2D eigenvalue weighted by Gasteiger charge is -2.14. The molecule has 2 aromatic heterocycles. The molecular weight excluding hydrogens is 440 g/mol. The summed E-state index contributed by atoms with van der Waals surface area (Å²) >= 11 is 1.17. The third-order valence-corrected chi connectivity index (χ3v) is 6.67. The predicted octanol–water partition coefficient (Wildman–Crippen LogP) is 3.52. The van der Waals surface area contributed by atoms with Gasteiger partial charge in [-0.05, 0) is 49.7 Å². The first kappa shape index (κ1) is 21.0. The summed E-state index contributed by atoms with van der Waals surface area (Å²) in [5.41, 5.74) is 1.30. The lowest BCUT2D eigenvalue weighted by atomic mass is 10.1. The van der Waals surface area contributed by atoms with Crippen LogP contribution in [0, 0.1) is 6.92 Å². The molecule has 2 aromatic carbocycles. The molecule has 4 rings (SSSR count). The van der Waals surface area contributed by atoms with Gasteiger partial charge in [-0.3, -0.25) is 10.1 Å². The van der Waals surface area contributed by atoms with E-state index in [4.69, 9.17) is 9.15 Å². The Hall–Kier alpha value is -3.24. The number of fused-ring (bicyclic) bond motifs is 2. The Morgan fingerprint density at radius 2 is 1.97 bits per heavy atom. The van der Waals surface area contributed by atoms with Gasteiger partial charge < -0.3 is 9.15 Å². The summed E-state index contributed by atoms with van der Waals surface area (Å²) in [5, 5.41) is 3.80. The van der Waals surface area contributed by atoms with Gasteiger partial charge in [-0.15, -0.1) is 0 Å². The second-order valence-electron chi connectivity index (χ2n) is 7.08. The zero-order chi connectivity index (χ0) is 22.3. The number of nitrogens with zero attached hydrogens (tertiary/aromatic N) is 1. The van der Waals surface area contributed by atoms with Crippen molar-refractivity contribution in [1.29, 1.82) is 0 Å². The number of rotatable bonds is 5. The van der Waals surface area contributed by atoms with E-state index in [1.54, 1.807) is 31.2 Å². The van der Waals surface area contributed by atoms with Crippen LogP contribution < -0.4 is 15.7 Å². The van der Waals surface area contributed by atoms with Crippen LogP contribution >= 0.6 is 11.3 Å². The van der Waals surface area contributed by atoms with Crippen molar-refractivity contribution in [3.8, 4) is 5.75 Å². The Balaban J connectivity index is 1.51. The number of aromatic nitrogens is 1. The fourth-order valence-electron chi connectivity index (χ4n) is 3.03. The Kier molecular flexibility index (Phi) is 5.28. The summed E-state index contributed by atoms with van der Waals surface area (Å²) in [5.74, 6) is -0.0424. The molecule has 0 radical (unpaired) electrons. The van der Waals surface area contributed by atoms with Crippen LogP contribution in [-0.2, 0) is 14.6 Å². The lowest BCUT2D eigenvalue weighted by molar-refractivity contribution is -0.122. The number of thiazole rings is 1. The maximum atomic E-state index is 12.6. The van der Waals surface area contributed by atoms with Crippen molar-refractivity contribution in [3.05, 3.63) is 58.4 Å². The second-order valence-corrected chi connectivity index (χ2v) is 10.1. The van der Waals surface area contributed by atoms with Gasteiger partial charge in [-0.2, -0.15) is 0 Å². The van der Waals surface area contributed by atoms with Gasteiger partial charge in [0.15, 0.2) is 21.1 Å². The van der Waals surface area contributed by atoms with Gasteiger partial charge in [0.2, 0.25) is 0 Å². The summed E-state index contributed by atoms with van der Waals surface area (Å²) in [7, 11) is -3.33. The topological polar surface area (TPSA) is 116 Å². The van der Waals surface area contributed by atoms with Crippen LogP contribution in [0.2, 0.25) is 0 Å². The molecule has 1 N–H and O–H groups in total. The smallest absolute Gasteiger partial charge is 0.336 e. The van der Waals surface area contributed by atoms with Crippen molar-refractivity contribution in [1.82, 2.24) is 4.98 Å². The van der Waals surface area contributed by atoms with Crippen LogP contribution in [0.5, 0.6) is 5.75 Å². The highest BCUT2D eigenvalue weighted by molar-refractivity contribution is 7.90. The first-order valence-electron chi connectivity index (χ1n) is 9.23. The summed E-state index contributed by atoms with van der Waals surface area (Å²) in [4.78, 5) is 28.6. The third-order valence-electron chi connectivity index (χ3n) is 4.62. The van der Waals surface area contributed by atoms with Crippen LogP contribution in [0.4, 0.5) is 5.13 Å². The molecule has 8 nitrogen and oxygen atoms in total. The molecule has 1 amide bonds. The summed E-state index contributed by atoms with van der Waals surface area (Å²) in [6.45, 7) is 3.40. The SMILES string of the molecule is Cc1cc(=O)oc2cc(O[C@@H](C)C(=O)Nc3nc4ccc(S(C)(=O)=O)cc4s3)ccc12. The van der Waals surface area contributed by atoms with Crippen LogP contribution in [0.25, 0.3) is 21.2 Å². The van der Waals surface area contributed by atoms with Gasteiger partial charge in [0, 0.05) is 23.8 Å². The zero-order valence-corrected chi connectivity index (χ0v) is 18.5. The van der Waals surface area contributed by atoms with Crippen LogP contribution in [0.3, 0.4) is 0 Å². The number of sulfone groups is 1. The van der Waals surface area contributed by atoms with Gasteiger partial charge >= 0.3 is 5.63 Å². The molecule has 1 atom stereocenters. The van der Waals surface area contributed by atoms with E-state index in [0.717, 1.165) is 17.2 Å². The monoisotopic (exact) mass is 458 g/mol. The third kappa shape index (κ3) is 4.44. The molecule has 0 unspecified atom stereocenters. The highest BCUT2D eigenvalue weighted by Crippen LogP contribution is 2.28. The van der Waals surface area contributed by atoms with E-state index < -0.39 is 27.5 Å². The van der Waals surface area contributed by atoms with Gasteiger partial charge in [0.05, 0.1) is 15.1 Å². The Labute approximate surface area is 181 Å². The minimum atomic E-state index is -3.33. The van der Waals surface area contributed by atoms with Crippen molar-refractivity contribution in [2.24, 2.45) is 0 Å². The van der Waals surface area contributed by atoms with Gasteiger partial charge in [-0.1, -0.05) is 11.3 Å². The fourth-order valence-corrected chi connectivity index (χ4v) is 4.66. The Morgan fingerprint density at radius 3 is 2.71 bits per heavy atom. The molecule has 0 spiro atoms. The second kappa shape index (κ2) is 7.78. The molecule has 2 heterocycles. The standard InChI is InChI=1S/C21H18N2O6S2/c1-11-8-19(24)29-17-9-13(4-6-15(11)17)28-12(2)20(25)23-21-22-16-7-5-14(31(3,26)27)10-18(16)30-21/h4-10,12H,1-3H3,(H,22,23,25)/t12-/m0/s1. The van der Waals surface area contributed by atoms with Crippen molar-refractivity contribution in [2.75, 3.05) is 11.6 Å². The van der Waals surface area contributed by atoms with E-state index in [9.17, 15) is 18.0 Å². The van der Waals surface area contributed by atoms with Gasteiger partial charge in [0.1, 0.15) is 11.3 Å². The first-order valence-corrected chi connectivity index (χ1v) is 11.9. The van der Waals surface area contributed by atoms with Crippen molar-refractivity contribution in [2.45, 2.75) is 24.8 Å². The number of anilines is 1. The number of carbonyl (C=O) groups is 1. The lowest BCUT2D eigenvalue weighted by Crippen LogP contribution is -2.30. The number of carbonyl (C=O) groups excluding carboxylic acids is 1. The first-order chi connectivity index (χ1) is 14.6. The number of ether oxygens (including phenoxy) is 1. The van der Waals surface area contributed by atoms with E-state index in [0.29, 0.717) is 26.7 Å². The maximum Gasteiger partial charge on any atom is 0.336 e. The van der Waals surface area contributed by atoms with Crippen LogP contribution in [0.15, 0.2) is 56.6 Å². The number of amides is 1. The molecule has 0 aliphatic heterocycles. The molecule has 0 fully saturated rings. The average Bonchev–Trinajstić information content (AvgIpc) is 3.08. The molecule has 0 bridgehead atoms. The van der Waals surface area contributed by atoms with Crippen LogP contribution in [-0.4, -0.2) is 31.7 Å². The quantitative estimate of drug-likeness (QED) is 0.455. The molecule has 160 valence electrons. The molecule has 10 heteroatoms. The largest absolute Gasteiger partial charge is 0.481 e. The van der Waals surface area contributed by atoms with Crippen molar-refractivity contribution >= 4 is 53.4 Å². The minimum Gasteiger partial charge on any atom is -0.481 e. The summed E-state index contributed by atoms with van der Waals surface area (Å²) in [6, 6.07) is 11.1. The minimum absolute atomic E-state index is 0.191. The number of hydrogen-bond acceptors (Lipinski definition) is 8. The van der Waals surface area contributed by atoms with Crippen LogP contribution in [0.1, 0.15) is 12.5 Å². The molecule has 0 aliphatic rings. The summed E-state index contributed by atoms with van der Waals surface area (Å²) < 4.78 is 35.0.